The van der Waals surface area contributed by atoms with Gasteiger partial charge in [-0.1, -0.05) is 20.8 Å². The molecule has 0 aliphatic heterocycles. The maximum atomic E-state index is 13.2. The van der Waals surface area contributed by atoms with E-state index < -0.39 is 0 Å². The Morgan fingerprint density at radius 3 is 2.47 bits per heavy atom. The molecule has 4 heteroatoms. The molecule has 1 N–H and O–H groups in total. The van der Waals surface area contributed by atoms with E-state index in [0.717, 1.165) is 17.9 Å². The minimum Gasteiger partial charge on any atom is -0.492 e. The number of halogens is 2. The van der Waals surface area contributed by atoms with E-state index in [-0.39, 0.29) is 23.6 Å². The second-order valence-electron chi connectivity index (χ2n) is 4.84. The van der Waals surface area contributed by atoms with Crippen molar-refractivity contribution in [1.29, 1.82) is 0 Å². The van der Waals surface area contributed by atoms with Crippen molar-refractivity contribution in [1.82, 2.24) is 5.32 Å². The van der Waals surface area contributed by atoms with Crippen molar-refractivity contribution in [3.63, 3.8) is 0 Å². The van der Waals surface area contributed by atoms with Crippen LogP contribution in [0.4, 0.5) is 4.39 Å². The third-order valence-electron chi connectivity index (χ3n) is 2.36. The Morgan fingerprint density at radius 1 is 1.29 bits per heavy atom. The molecule has 0 amide bonds. The standard InChI is InChI=1S/C13H20FNO.ClH/c1-13(2,3)11-9-10(14)5-6-12(11)16-8-7-15-4;/h5-6,9,15H,7-8H2,1-4H3;1H. The number of nitrogens with one attached hydrogen (secondary N) is 1. The second-order valence-corrected chi connectivity index (χ2v) is 4.84. The summed E-state index contributed by atoms with van der Waals surface area (Å²) in [6, 6.07) is 4.68. The lowest BCUT2D eigenvalue weighted by Crippen LogP contribution is -2.19. The summed E-state index contributed by atoms with van der Waals surface area (Å²) in [4.78, 5) is 0. The Balaban J connectivity index is 0.00000256. The zero-order valence-corrected chi connectivity index (χ0v) is 11.7. The molecule has 98 valence electrons. The second kappa shape index (κ2) is 6.82. The average Bonchev–Trinajstić information content (AvgIpc) is 2.19. The van der Waals surface area contributed by atoms with Gasteiger partial charge in [0.2, 0.25) is 0 Å². The molecule has 1 aromatic rings. The highest BCUT2D eigenvalue weighted by molar-refractivity contribution is 5.85. The van der Waals surface area contributed by atoms with Crippen LogP contribution in [0.5, 0.6) is 5.75 Å². The van der Waals surface area contributed by atoms with Crippen LogP contribution in [-0.2, 0) is 5.41 Å². The lowest BCUT2D eigenvalue weighted by molar-refractivity contribution is 0.309. The highest BCUT2D eigenvalue weighted by atomic mass is 35.5. The third kappa shape index (κ3) is 4.92. The van der Waals surface area contributed by atoms with E-state index in [4.69, 9.17) is 4.74 Å². The molecule has 0 aliphatic carbocycles. The van der Waals surface area contributed by atoms with E-state index in [1.807, 2.05) is 27.8 Å². The van der Waals surface area contributed by atoms with Crippen LogP contribution < -0.4 is 10.1 Å². The first-order chi connectivity index (χ1) is 7.45. The fraction of sp³-hybridized carbons (Fsp3) is 0.538. The molecule has 0 saturated heterocycles. The molecule has 1 aromatic carbocycles. The van der Waals surface area contributed by atoms with Crippen molar-refractivity contribution >= 4 is 12.4 Å². The molecule has 17 heavy (non-hydrogen) atoms. The molecule has 0 bridgehead atoms. The topological polar surface area (TPSA) is 21.3 Å². The van der Waals surface area contributed by atoms with Crippen LogP contribution in [-0.4, -0.2) is 20.2 Å². The van der Waals surface area contributed by atoms with Crippen LogP contribution in [0.2, 0.25) is 0 Å². The summed E-state index contributed by atoms with van der Waals surface area (Å²) in [6.07, 6.45) is 0. The van der Waals surface area contributed by atoms with E-state index in [9.17, 15) is 4.39 Å². The van der Waals surface area contributed by atoms with E-state index in [1.165, 1.54) is 6.07 Å². The van der Waals surface area contributed by atoms with Gasteiger partial charge in [0.1, 0.15) is 18.2 Å². The fourth-order valence-corrected chi connectivity index (χ4v) is 1.48. The Hall–Kier alpha value is -0.800. The Bertz CT molecular complexity index is 350. The molecule has 0 fully saturated rings. The molecule has 2 nitrogen and oxygen atoms in total. The molecule has 0 heterocycles. The zero-order valence-electron chi connectivity index (χ0n) is 10.8. The smallest absolute Gasteiger partial charge is 0.123 e. The monoisotopic (exact) mass is 261 g/mol. The number of benzene rings is 1. The Morgan fingerprint density at radius 2 is 1.94 bits per heavy atom. The van der Waals surface area contributed by atoms with E-state index in [0.29, 0.717) is 6.61 Å². The van der Waals surface area contributed by atoms with E-state index in [1.54, 1.807) is 12.1 Å². The average molecular weight is 262 g/mol. The molecule has 0 aromatic heterocycles. The van der Waals surface area contributed by atoms with Gasteiger partial charge in [-0.3, -0.25) is 0 Å². The minimum atomic E-state index is -0.217. The minimum absolute atomic E-state index is 0. The van der Waals surface area contributed by atoms with Gasteiger partial charge in [-0.25, -0.2) is 4.39 Å². The lowest BCUT2D eigenvalue weighted by atomic mass is 9.86. The number of hydrogen-bond acceptors (Lipinski definition) is 2. The maximum absolute atomic E-state index is 13.2. The van der Waals surface area contributed by atoms with Gasteiger partial charge in [-0.15, -0.1) is 12.4 Å². The van der Waals surface area contributed by atoms with Crippen LogP contribution in [0.25, 0.3) is 0 Å². The van der Waals surface area contributed by atoms with Crippen molar-refractivity contribution in [2.45, 2.75) is 26.2 Å². The zero-order chi connectivity index (χ0) is 12.2. The first-order valence-electron chi connectivity index (χ1n) is 5.52. The van der Waals surface area contributed by atoms with Gasteiger partial charge in [0, 0.05) is 12.1 Å². The van der Waals surface area contributed by atoms with Gasteiger partial charge in [0.05, 0.1) is 0 Å². The third-order valence-corrected chi connectivity index (χ3v) is 2.36. The first-order valence-corrected chi connectivity index (χ1v) is 5.52. The molecule has 1 rings (SSSR count). The predicted octanol–water partition coefficient (Wildman–Crippen LogP) is 3.14. The fourth-order valence-electron chi connectivity index (χ4n) is 1.48. The van der Waals surface area contributed by atoms with Gasteiger partial charge >= 0.3 is 0 Å². The highest BCUT2D eigenvalue weighted by Gasteiger charge is 2.19. The first kappa shape index (κ1) is 16.2. The molecule has 0 atom stereocenters. The quantitative estimate of drug-likeness (QED) is 0.841. The van der Waals surface area contributed by atoms with E-state index in [2.05, 4.69) is 5.32 Å². The van der Waals surface area contributed by atoms with Crippen LogP contribution >= 0.6 is 12.4 Å². The van der Waals surface area contributed by atoms with Crippen molar-refractivity contribution in [3.8, 4) is 5.75 Å². The lowest BCUT2D eigenvalue weighted by Gasteiger charge is -2.22. The number of rotatable bonds is 4. The Labute approximate surface area is 109 Å². The summed E-state index contributed by atoms with van der Waals surface area (Å²) in [5, 5.41) is 3.01. The Kier molecular flexibility index (Phi) is 6.50. The SMILES string of the molecule is CNCCOc1ccc(F)cc1C(C)(C)C.Cl. The van der Waals surface area contributed by atoms with Crippen molar-refractivity contribution < 1.29 is 9.13 Å². The maximum Gasteiger partial charge on any atom is 0.123 e. The van der Waals surface area contributed by atoms with Gasteiger partial charge in [-0.05, 0) is 30.7 Å². The van der Waals surface area contributed by atoms with Gasteiger partial charge < -0.3 is 10.1 Å². The van der Waals surface area contributed by atoms with Crippen LogP contribution in [0.1, 0.15) is 26.3 Å². The van der Waals surface area contributed by atoms with Crippen molar-refractivity contribution in [2.75, 3.05) is 20.2 Å². The van der Waals surface area contributed by atoms with E-state index >= 15 is 0 Å². The number of ether oxygens (including phenoxy) is 1. The summed E-state index contributed by atoms with van der Waals surface area (Å²) in [5.74, 6) is 0.551. The molecule has 0 unspecified atom stereocenters. The number of likely N-dealkylation sites (N-methyl/N-ethyl adjacent to an activating group) is 1. The summed E-state index contributed by atoms with van der Waals surface area (Å²) >= 11 is 0. The van der Waals surface area contributed by atoms with Gasteiger partial charge in [-0.2, -0.15) is 0 Å². The molecular formula is C13H21ClFNO. The summed E-state index contributed by atoms with van der Waals surface area (Å²) in [7, 11) is 1.87. The van der Waals surface area contributed by atoms with Crippen molar-refractivity contribution in [3.05, 3.63) is 29.6 Å². The summed E-state index contributed by atoms with van der Waals surface area (Å²) in [6.45, 7) is 7.51. The van der Waals surface area contributed by atoms with Gasteiger partial charge in [0.15, 0.2) is 0 Å². The molecule has 0 spiro atoms. The summed E-state index contributed by atoms with van der Waals surface area (Å²) < 4.78 is 18.8. The largest absolute Gasteiger partial charge is 0.492 e. The normalized spacial score (nSPS) is 10.9. The molecular weight excluding hydrogens is 241 g/mol. The van der Waals surface area contributed by atoms with Crippen molar-refractivity contribution in [2.24, 2.45) is 0 Å². The number of hydrogen-bond donors (Lipinski definition) is 1. The van der Waals surface area contributed by atoms with Crippen LogP contribution in [0, 0.1) is 5.82 Å². The summed E-state index contributed by atoms with van der Waals surface area (Å²) in [5.41, 5.74) is 0.792. The van der Waals surface area contributed by atoms with Crippen LogP contribution in [0.15, 0.2) is 18.2 Å². The van der Waals surface area contributed by atoms with Crippen LogP contribution in [0.3, 0.4) is 0 Å². The predicted molar refractivity (Wildman–Crippen MR) is 71.8 cm³/mol. The highest BCUT2D eigenvalue weighted by Crippen LogP contribution is 2.31. The molecule has 0 aliphatic rings. The molecule has 0 radical (unpaired) electrons. The molecule has 0 saturated carbocycles. The van der Waals surface area contributed by atoms with Gasteiger partial charge in [0.25, 0.3) is 0 Å².